The molecular formula is C17H15N3OS. The van der Waals surface area contributed by atoms with Crippen molar-refractivity contribution < 1.29 is 4.79 Å². The maximum Gasteiger partial charge on any atom is 0.236 e. The number of nitrogens with zero attached hydrogens (tertiary/aromatic N) is 2. The summed E-state index contributed by atoms with van der Waals surface area (Å²) in [5.74, 6) is 1.35. The third-order valence-corrected chi connectivity index (χ3v) is 5.05. The molecule has 1 aromatic rings. The first-order valence-electron chi connectivity index (χ1n) is 7.33. The van der Waals surface area contributed by atoms with E-state index in [9.17, 15) is 4.79 Å². The minimum absolute atomic E-state index is 0.00834. The van der Waals surface area contributed by atoms with E-state index in [-0.39, 0.29) is 5.91 Å². The number of thioether (sulfide) groups is 1. The van der Waals surface area contributed by atoms with Crippen molar-refractivity contribution in [2.24, 2.45) is 22.0 Å². The van der Waals surface area contributed by atoms with Crippen molar-refractivity contribution >= 4 is 34.6 Å². The summed E-state index contributed by atoms with van der Waals surface area (Å²) in [6.45, 7) is 0. The minimum atomic E-state index is -0.00834. The van der Waals surface area contributed by atoms with Crippen molar-refractivity contribution in [1.82, 2.24) is 5.32 Å². The van der Waals surface area contributed by atoms with Gasteiger partial charge in [-0.1, -0.05) is 54.2 Å². The normalized spacial score (nSPS) is 28.4. The summed E-state index contributed by atoms with van der Waals surface area (Å²) >= 11 is 1.39. The molecule has 1 saturated heterocycles. The highest BCUT2D eigenvalue weighted by atomic mass is 32.2. The van der Waals surface area contributed by atoms with Crippen molar-refractivity contribution in [3.63, 3.8) is 0 Å². The molecule has 2 aliphatic carbocycles. The Morgan fingerprint density at radius 3 is 2.77 bits per heavy atom. The van der Waals surface area contributed by atoms with Crippen LogP contribution in [0.15, 0.2) is 58.3 Å². The Hall–Kier alpha value is -2.14. The second-order valence-corrected chi connectivity index (χ2v) is 6.52. The molecule has 1 heterocycles. The van der Waals surface area contributed by atoms with Crippen LogP contribution in [0, 0.1) is 11.8 Å². The molecule has 4 rings (SSSR count). The van der Waals surface area contributed by atoms with Gasteiger partial charge in [-0.2, -0.15) is 5.10 Å². The number of hydrogen-bond acceptors (Lipinski definition) is 4. The Bertz CT molecular complexity index is 734. The first kappa shape index (κ1) is 13.5. The van der Waals surface area contributed by atoms with Gasteiger partial charge in [0.2, 0.25) is 5.91 Å². The number of rotatable bonds is 3. The topological polar surface area (TPSA) is 53.8 Å². The van der Waals surface area contributed by atoms with Crippen LogP contribution >= 0.6 is 11.8 Å². The molecule has 1 aliphatic heterocycles. The van der Waals surface area contributed by atoms with E-state index in [1.165, 1.54) is 28.5 Å². The summed E-state index contributed by atoms with van der Waals surface area (Å²) in [6.07, 6.45) is 7.54. The van der Waals surface area contributed by atoms with E-state index in [0.29, 0.717) is 22.8 Å². The van der Waals surface area contributed by atoms with Gasteiger partial charge >= 0.3 is 0 Å². The number of benzene rings is 1. The Labute approximate surface area is 133 Å². The van der Waals surface area contributed by atoms with Gasteiger partial charge in [-0.05, 0) is 23.1 Å². The second-order valence-electron chi connectivity index (χ2n) is 5.56. The van der Waals surface area contributed by atoms with Crippen LogP contribution in [0.1, 0.15) is 12.0 Å². The third-order valence-electron chi connectivity index (χ3n) is 4.18. The predicted molar refractivity (Wildman–Crippen MR) is 90.6 cm³/mol. The van der Waals surface area contributed by atoms with Crippen LogP contribution in [0.4, 0.5) is 0 Å². The fourth-order valence-electron chi connectivity index (χ4n) is 3.24. The molecule has 1 aromatic carbocycles. The van der Waals surface area contributed by atoms with Crippen LogP contribution in [0.3, 0.4) is 0 Å². The zero-order chi connectivity index (χ0) is 14.9. The van der Waals surface area contributed by atoms with Gasteiger partial charge < -0.3 is 5.32 Å². The molecule has 0 spiro atoms. The van der Waals surface area contributed by atoms with Gasteiger partial charge in [0.05, 0.1) is 12.0 Å². The zero-order valence-corrected chi connectivity index (χ0v) is 12.7. The molecule has 22 heavy (non-hydrogen) atoms. The zero-order valence-electron chi connectivity index (χ0n) is 11.9. The molecular weight excluding hydrogens is 294 g/mol. The fourth-order valence-corrected chi connectivity index (χ4v) is 3.87. The van der Waals surface area contributed by atoms with Gasteiger partial charge in [-0.15, -0.1) is 5.10 Å². The highest BCUT2D eigenvalue weighted by molar-refractivity contribution is 8.15. The molecule has 4 nitrogen and oxygen atoms in total. The largest absolute Gasteiger partial charge is 0.303 e. The number of carbonyl (C=O) groups excluding carboxylic acids is 1. The first-order valence-corrected chi connectivity index (χ1v) is 8.31. The van der Waals surface area contributed by atoms with Crippen LogP contribution < -0.4 is 5.32 Å². The van der Waals surface area contributed by atoms with Gasteiger partial charge in [0.25, 0.3) is 0 Å². The van der Waals surface area contributed by atoms with E-state index >= 15 is 0 Å². The minimum Gasteiger partial charge on any atom is -0.303 e. The lowest BCUT2D eigenvalue weighted by atomic mass is 9.92. The molecule has 2 atom stereocenters. The number of allylic oxidation sites excluding steroid dienone is 4. The Kier molecular flexibility index (Phi) is 3.42. The van der Waals surface area contributed by atoms with Crippen LogP contribution in [-0.2, 0) is 4.79 Å². The molecule has 2 bridgehead atoms. The lowest BCUT2D eigenvalue weighted by Crippen LogP contribution is -2.19. The predicted octanol–water partition coefficient (Wildman–Crippen LogP) is 2.85. The summed E-state index contributed by atoms with van der Waals surface area (Å²) in [6, 6.07) is 10.5. The van der Waals surface area contributed by atoms with Crippen LogP contribution in [0.5, 0.6) is 0 Å². The Balaban J connectivity index is 1.63. The number of amides is 1. The molecule has 2 unspecified atom stereocenters. The molecule has 5 heteroatoms. The van der Waals surface area contributed by atoms with Crippen molar-refractivity contribution in [2.45, 2.75) is 6.42 Å². The molecule has 0 radical (unpaired) electrons. The summed E-state index contributed by atoms with van der Waals surface area (Å²) in [7, 11) is 0. The number of carbonyl (C=O) groups is 1. The summed E-state index contributed by atoms with van der Waals surface area (Å²) in [4.78, 5) is 11.1. The highest BCUT2D eigenvalue weighted by Crippen LogP contribution is 2.47. The van der Waals surface area contributed by atoms with Gasteiger partial charge in [-0.3, -0.25) is 4.79 Å². The van der Waals surface area contributed by atoms with Crippen LogP contribution in [0.25, 0.3) is 5.57 Å². The fraction of sp³-hybridized carbons (Fsp3) is 0.235. The van der Waals surface area contributed by atoms with Crippen LogP contribution in [0.2, 0.25) is 0 Å². The first-order chi connectivity index (χ1) is 10.8. The smallest absolute Gasteiger partial charge is 0.236 e. The number of nitrogens with one attached hydrogen (secondary N) is 1. The maximum atomic E-state index is 11.1. The summed E-state index contributed by atoms with van der Waals surface area (Å²) in [5, 5.41) is 11.6. The van der Waals surface area contributed by atoms with Crippen LogP contribution in [-0.4, -0.2) is 23.0 Å². The Morgan fingerprint density at radius 2 is 2.00 bits per heavy atom. The third kappa shape index (κ3) is 2.41. The van der Waals surface area contributed by atoms with Gasteiger partial charge in [0.1, 0.15) is 0 Å². The van der Waals surface area contributed by atoms with E-state index in [4.69, 9.17) is 0 Å². The van der Waals surface area contributed by atoms with Crippen molar-refractivity contribution in [1.29, 1.82) is 0 Å². The van der Waals surface area contributed by atoms with Crippen molar-refractivity contribution in [3.05, 3.63) is 53.6 Å². The van der Waals surface area contributed by atoms with E-state index in [1.54, 1.807) is 0 Å². The number of hydrogen-bond donors (Lipinski definition) is 1. The average molecular weight is 309 g/mol. The lowest BCUT2D eigenvalue weighted by molar-refractivity contribution is -0.116. The highest BCUT2D eigenvalue weighted by Gasteiger charge is 2.34. The van der Waals surface area contributed by atoms with E-state index in [1.807, 2.05) is 12.3 Å². The lowest BCUT2D eigenvalue weighted by Gasteiger charge is -2.13. The second kappa shape index (κ2) is 5.57. The molecule has 1 N–H and O–H groups in total. The van der Waals surface area contributed by atoms with Gasteiger partial charge in [0.15, 0.2) is 5.17 Å². The SMILES string of the molecule is O=C1CS/C(=N/N=CC2=C(c3ccccc3)C3C=CC2C3)N1. The monoisotopic (exact) mass is 309 g/mol. The molecule has 1 amide bonds. The molecule has 1 fully saturated rings. The quantitative estimate of drug-likeness (QED) is 0.530. The van der Waals surface area contributed by atoms with E-state index in [0.717, 1.165) is 6.42 Å². The summed E-state index contributed by atoms with van der Waals surface area (Å²) in [5.41, 5.74) is 3.87. The van der Waals surface area contributed by atoms with E-state index < -0.39 is 0 Å². The van der Waals surface area contributed by atoms with E-state index in [2.05, 4.69) is 51.9 Å². The average Bonchev–Trinajstić information content (AvgIpc) is 3.24. The molecule has 3 aliphatic rings. The molecule has 110 valence electrons. The number of fused-ring (bicyclic) bond motifs is 2. The standard InChI is InChI=1S/C17H15N3OS/c21-15-10-22-17(19-15)20-18-9-14-12-6-7-13(8-12)16(14)11-4-2-1-3-5-11/h1-7,9,12-13H,8,10H2,(H,19,20,21). The van der Waals surface area contributed by atoms with Gasteiger partial charge in [-0.25, -0.2) is 0 Å². The van der Waals surface area contributed by atoms with Crippen molar-refractivity contribution in [3.8, 4) is 0 Å². The van der Waals surface area contributed by atoms with Crippen molar-refractivity contribution in [2.75, 3.05) is 5.75 Å². The molecule has 0 aromatic heterocycles. The molecule has 0 saturated carbocycles. The van der Waals surface area contributed by atoms with Gasteiger partial charge in [0, 0.05) is 11.8 Å². The maximum absolute atomic E-state index is 11.1. The summed E-state index contributed by atoms with van der Waals surface area (Å²) < 4.78 is 0. The Morgan fingerprint density at radius 1 is 1.18 bits per heavy atom. The number of amidine groups is 1.